The molecule has 0 spiro atoms. The van der Waals surface area contributed by atoms with Crippen LogP contribution in [0.2, 0.25) is 0 Å². The van der Waals surface area contributed by atoms with Crippen molar-refractivity contribution in [3.05, 3.63) is 33.4 Å². The zero-order valence-electron chi connectivity index (χ0n) is 10.7. The molecule has 1 aliphatic heterocycles. The lowest BCUT2D eigenvalue weighted by atomic mass is 9.99. The lowest BCUT2D eigenvalue weighted by Gasteiger charge is -2.36. The van der Waals surface area contributed by atoms with E-state index in [0.29, 0.717) is 6.04 Å². The predicted molar refractivity (Wildman–Crippen MR) is 83.7 cm³/mol. The van der Waals surface area contributed by atoms with Crippen LogP contribution >= 0.6 is 22.6 Å². The summed E-state index contributed by atoms with van der Waals surface area (Å²) in [5.41, 5.74) is 1.55. The van der Waals surface area contributed by atoms with E-state index in [1.807, 2.05) is 0 Å². The number of benzene rings is 1. The van der Waals surface area contributed by atoms with E-state index in [2.05, 4.69) is 57.1 Å². The van der Waals surface area contributed by atoms with Gasteiger partial charge in [0.05, 0.1) is 0 Å². The van der Waals surface area contributed by atoms with Crippen molar-refractivity contribution in [2.45, 2.75) is 25.3 Å². The Morgan fingerprint density at radius 3 is 2.61 bits per heavy atom. The molecule has 2 aliphatic rings. The van der Waals surface area contributed by atoms with Gasteiger partial charge in [-0.1, -0.05) is 31.0 Å². The molecule has 0 radical (unpaired) electrons. The maximum absolute atomic E-state index is 3.46. The molecule has 1 aliphatic carbocycles. The van der Waals surface area contributed by atoms with Crippen LogP contribution in [-0.2, 0) is 0 Å². The Balaban J connectivity index is 1.81. The molecule has 0 aromatic heterocycles. The molecule has 1 saturated carbocycles. The molecule has 0 amide bonds. The smallest absolute Gasteiger partial charge is 0.0362 e. The number of piperazine rings is 1. The summed E-state index contributed by atoms with van der Waals surface area (Å²) in [6.45, 7) is 4.68. The monoisotopic (exact) mass is 356 g/mol. The molecule has 18 heavy (non-hydrogen) atoms. The summed E-state index contributed by atoms with van der Waals surface area (Å²) in [5, 5.41) is 3.46. The van der Waals surface area contributed by atoms with E-state index in [1.165, 1.54) is 35.9 Å². The highest BCUT2D eigenvalue weighted by atomic mass is 127. The highest BCUT2D eigenvalue weighted by molar-refractivity contribution is 14.1. The Bertz CT molecular complexity index is 397. The Morgan fingerprint density at radius 2 is 1.94 bits per heavy atom. The summed E-state index contributed by atoms with van der Waals surface area (Å²) in [5.74, 6) is 0.987. The van der Waals surface area contributed by atoms with Crippen molar-refractivity contribution >= 4 is 22.6 Å². The zero-order valence-corrected chi connectivity index (χ0v) is 12.9. The third kappa shape index (κ3) is 3.06. The Hall–Kier alpha value is -0.130. The number of hydrogen-bond donors (Lipinski definition) is 1. The van der Waals surface area contributed by atoms with Gasteiger partial charge in [-0.15, -0.1) is 0 Å². The van der Waals surface area contributed by atoms with Crippen LogP contribution in [0.15, 0.2) is 24.3 Å². The molecular weight excluding hydrogens is 335 g/mol. The maximum atomic E-state index is 3.46. The van der Waals surface area contributed by atoms with Gasteiger partial charge < -0.3 is 5.32 Å². The minimum absolute atomic E-state index is 0.646. The van der Waals surface area contributed by atoms with Crippen LogP contribution in [0, 0.1) is 9.49 Å². The standard InChI is InChI=1S/C15H21IN2/c16-14-4-2-1-3-13(14)15(11-12-5-6-12)18-9-7-17-8-10-18/h1-4,12,15,17H,5-11H2/t15-/m0/s1. The third-order valence-electron chi connectivity index (χ3n) is 4.11. The first kappa shape index (κ1) is 12.9. The average Bonchev–Trinajstić information content (AvgIpc) is 3.22. The van der Waals surface area contributed by atoms with E-state index < -0.39 is 0 Å². The van der Waals surface area contributed by atoms with Gasteiger partial charge in [-0.05, 0) is 46.6 Å². The maximum Gasteiger partial charge on any atom is 0.0362 e. The topological polar surface area (TPSA) is 15.3 Å². The van der Waals surface area contributed by atoms with Gasteiger partial charge in [0.2, 0.25) is 0 Å². The van der Waals surface area contributed by atoms with Crippen molar-refractivity contribution in [3.63, 3.8) is 0 Å². The molecular formula is C15H21IN2. The zero-order chi connectivity index (χ0) is 12.4. The molecule has 1 saturated heterocycles. The van der Waals surface area contributed by atoms with Gasteiger partial charge in [-0.3, -0.25) is 4.90 Å². The molecule has 1 N–H and O–H groups in total. The van der Waals surface area contributed by atoms with E-state index >= 15 is 0 Å². The highest BCUT2D eigenvalue weighted by Crippen LogP contribution is 2.41. The molecule has 0 bridgehead atoms. The summed E-state index contributed by atoms with van der Waals surface area (Å²) in [6.07, 6.45) is 4.26. The van der Waals surface area contributed by atoms with Crippen molar-refractivity contribution in [1.82, 2.24) is 10.2 Å². The Kier molecular flexibility index (Phi) is 4.21. The van der Waals surface area contributed by atoms with Crippen LogP contribution in [0.5, 0.6) is 0 Å². The van der Waals surface area contributed by atoms with Gasteiger partial charge >= 0.3 is 0 Å². The van der Waals surface area contributed by atoms with Gasteiger partial charge in [0, 0.05) is 35.8 Å². The van der Waals surface area contributed by atoms with Crippen LogP contribution in [0.1, 0.15) is 30.9 Å². The molecule has 2 fully saturated rings. The van der Waals surface area contributed by atoms with Crippen molar-refractivity contribution in [3.8, 4) is 0 Å². The van der Waals surface area contributed by atoms with E-state index in [0.717, 1.165) is 19.0 Å². The second-order valence-corrected chi connectivity index (χ2v) is 6.66. The molecule has 2 nitrogen and oxygen atoms in total. The van der Waals surface area contributed by atoms with Crippen molar-refractivity contribution in [1.29, 1.82) is 0 Å². The molecule has 1 atom stereocenters. The fourth-order valence-corrected chi connectivity index (χ4v) is 3.63. The Morgan fingerprint density at radius 1 is 1.22 bits per heavy atom. The lowest BCUT2D eigenvalue weighted by molar-refractivity contribution is 0.160. The van der Waals surface area contributed by atoms with E-state index in [1.54, 1.807) is 5.56 Å². The van der Waals surface area contributed by atoms with Crippen LogP contribution in [0.25, 0.3) is 0 Å². The molecule has 3 rings (SSSR count). The summed E-state index contributed by atoms with van der Waals surface area (Å²) < 4.78 is 1.43. The number of rotatable bonds is 4. The quantitative estimate of drug-likeness (QED) is 0.835. The average molecular weight is 356 g/mol. The van der Waals surface area contributed by atoms with Gasteiger partial charge in [0.25, 0.3) is 0 Å². The van der Waals surface area contributed by atoms with E-state index in [4.69, 9.17) is 0 Å². The molecule has 98 valence electrons. The normalized spacial score (nSPS) is 22.9. The first-order valence-corrected chi connectivity index (χ1v) is 8.11. The number of nitrogens with zero attached hydrogens (tertiary/aromatic N) is 1. The van der Waals surface area contributed by atoms with Crippen LogP contribution in [0.4, 0.5) is 0 Å². The second-order valence-electron chi connectivity index (χ2n) is 5.50. The largest absolute Gasteiger partial charge is 0.314 e. The number of hydrogen-bond acceptors (Lipinski definition) is 2. The van der Waals surface area contributed by atoms with Crippen molar-refractivity contribution < 1.29 is 0 Å². The van der Waals surface area contributed by atoms with Crippen LogP contribution in [0.3, 0.4) is 0 Å². The molecule has 1 aromatic carbocycles. The van der Waals surface area contributed by atoms with Gasteiger partial charge in [-0.25, -0.2) is 0 Å². The second kappa shape index (κ2) is 5.88. The molecule has 3 heteroatoms. The summed E-state index contributed by atoms with van der Waals surface area (Å²) in [6, 6.07) is 9.57. The fraction of sp³-hybridized carbons (Fsp3) is 0.600. The summed E-state index contributed by atoms with van der Waals surface area (Å²) in [7, 11) is 0. The van der Waals surface area contributed by atoms with Gasteiger partial charge in [-0.2, -0.15) is 0 Å². The fourth-order valence-electron chi connectivity index (χ4n) is 2.88. The molecule has 1 aromatic rings. The third-order valence-corrected chi connectivity index (χ3v) is 5.09. The number of nitrogens with one attached hydrogen (secondary N) is 1. The predicted octanol–water partition coefficient (Wildman–Crippen LogP) is 3.04. The highest BCUT2D eigenvalue weighted by Gasteiger charge is 2.31. The summed E-state index contributed by atoms with van der Waals surface area (Å²) in [4.78, 5) is 2.69. The lowest BCUT2D eigenvalue weighted by Crippen LogP contribution is -2.45. The van der Waals surface area contributed by atoms with Crippen molar-refractivity contribution in [2.24, 2.45) is 5.92 Å². The SMILES string of the molecule is Ic1ccccc1[C@H](CC1CC1)N1CCNCC1. The van der Waals surface area contributed by atoms with Gasteiger partial charge in [0.15, 0.2) is 0 Å². The van der Waals surface area contributed by atoms with Gasteiger partial charge in [0.1, 0.15) is 0 Å². The van der Waals surface area contributed by atoms with Crippen molar-refractivity contribution in [2.75, 3.05) is 26.2 Å². The number of halogens is 1. The van der Waals surface area contributed by atoms with E-state index in [9.17, 15) is 0 Å². The minimum Gasteiger partial charge on any atom is -0.314 e. The minimum atomic E-state index is 0.646. The van der Waals surface area contributed by atoms with E-state index in [-0.39, 0.29) is 0 Å². The molecule has 0 unspecified atom stereocenters. The van der Waals surface area contributed by atoms with Crippen LogP contribution < -0.4 is 5.32 Å². The first-order valence-electron chi connectivity index (χ1n) is 7.04. The molecule has 1 heterocycles. The summed E-state index contributed by atoms with van der Waals surface area (Å²) >= 11 is 2.50. The van der Waals surface area contributed by atoms with Crippen LogP contribution in [-0.4, -0.2) is 31.1 Å². The Labute approximate surface area is 123 Å². The first-order chi connectivity index (χ1) is 8.84.